The van der Waals surface area contributed by atoms with Gasteiger partial charge in [0.15, 0.2) is 0 Å². The van der Waals surface area contributed by atoms with Gasteiger partial charge in [0.25, 0.3) is 0 Å². The summed E-state index contributed by atoms with van der Waals surface area (Å²) in [6, 6.07) is 3.95. The Morgan fingerprint density at radius 1 is 1.50 bits per heavy atom. The number of nitrogens with zero attached hydrogens (tertiary/aromatic N) is 2. The lowest BCUT2D eigenvalue weighted by Gasteiger charge is -2.23. The molecule has 0 saturated carbocycles. The van der Waals surface area contributed by atoms with E-state index in [-0.39, 0.29) is 6.04 Å². The summed E-state index contributed by atoms with van der Waals surface area (Å²) in [6.45, 7) is 6.00. The minimum absolute atomic E-state index is 0.107. The molecule has 0 aliphatic rings. The molecule has 0 bridgehead atoms. The maximum Gasteiger partial charge on any atom is 0.126 e. The van der Waals surface area contributed by atoms with Gasteiger partial charge in [0.05, 0.1) is 36.1 Å². The third kappa shape index (κ3) is 1.88. The molecular formula is C12H17N3O. The molecule has 4 heteroatoms. The smallest absolute Gasteiger partial charge is 0.126 e. The van der Waals surface area contributed by atoms with Gasteiger partial charge in [-0.25, -0.2) is 4.98 Å². The van der Waals surface area contributed by atoms with Gasteiger partial charge in [0.1, 0.15) is 5.76 Å². The zero-order valence-electron chi connectivity index (χ0n) is 9.84. The average Bonchev–Trinajstić information content (AvgIpc) is 2.87. The molecule has 0 amide bonds. The monoisotopic (exact) mass is 219 g/mol. The first-order valence-corrected chi connectivity index (χ1v) is 5.34. The van der Waals surface area contributed by atoms with Crippen LogP contribution in [0.25, 0.3) is 0 Å². The molecule has 2 N–H and O–H groups in total. The number of aromatic nitrogens is 2. The van der Waals surface area contributed by atoms with Crippen LogP contribution in [-0.4, -0.2) is 9.55 Å². The van der Waals surface area contributed by atoms with Gasteiger partial charge < -0.3 is 14.7 Å². The molecule has 0 aliphatic carbocycles. The van der Waals surface area contributed by atoms with Crippen molar-refractivity contribution in [1.29, 1.82) is 0 Å². The summed E-state index contributed by atoms with van der Waals surface area (Å²) in [5, 5.41) is 0. The highest BCUT2D eigenvalue weighted by Crippen LogP contribution is 2.24. The molecule has 4 nitrogen and oxygen atoms in total. The highest BCUT2D eigenvalue weighted by atomic mass is 16.3. The zero-order chi connectivity index (χ0) is 11.8. The fourth-order valence-corrected chi connectivity index (χ4v) is 1.78. The molecule has 1 unspecified atom stereocenters. The van der Waals surface area contributed by atoms with Crippen LogP contribution in [0.5, 0.6) is 0 Å². The van der Waals surface area contributed by atoms with Crippen molar-refractivity contribution in [2.45, 2.75) is 32.4 Å². The van der Waals surface area contributed by atoms with Crippen LogP contribution in [0.3, 0.4) is 0 Å². The Labute approximate surface area is 95.1 Å². The first-order valence-electron chi connectivity index (χ1n) is 5.34. The van der Waals surface area contributed by atoms with Crippen LogP contribution in [0, 0.1) is 0 Å². The molecule has 2 aromatic rings. The minimum atomic E-state index is -0.405. The Kier molecular flexibility index (Phi) is 2.59. The topological polar surface area (TPSA) is 57.0 Å². The van der Waals surface area contributed by atoms with Crippen LogP contribution in [-0.2, 0) is 5.54 Å². The summed E-state index contributed by atoms with van der Waals surface area (Å²) < 4.78 is 7.44. The van der Waals surface area contributed by atoms with Crippen molar-refractivity contribution in [2.75, 3.05) is 0 Å². The van der Waals surface area contributed by atoms with Crippen molar-refractivity contribution in [2.24, 2.45) is 5.73 Å². The van der Waals surface area contributed by atoms with Crippen LogP contribution < -0.4 is 5.73 Å². The lowest BCUT2D eigenvalue weighted by atomic mass is 10.0. The van der Waals surface area contributed by atoms with E-state index in [1.165, 1.54) is 0 Å². The van der Waals surface area contributed by atoms with Gasteiger partial charge >= 0.3 is 0 Å². The number of nitrogens with two attached hydrogens (primary N) is 1. The average molecular weight is 219 g/mol. The van der Waals surface area contributed by atoms with E-state index in [9.17, 15) is 0 Å². The zero-order valence-corrected chi connectivity index (χ0v) is 9.84. The predicted molar refractivity (Wildman–Crippen MR) is 62.0 cm³/mol. The Morgan fingerprint density at radius 3 is 2.81 bits per heavy atom. The predicted octanol–water partition coefficient (Wildman–Crippen LogP) is 2.28. The van der Waals surface area contributed by atoms with Gasteiger partial charge in [0.2, 0.25) is 0 Å². The Balaban J connectivity index is 2.38. The molecule has 1 atom stereocenters. The maximum absolute atomic E-state index is 6.10. The normalized spacial score (nSPS) is 14.0. The van der Waals surface area contributed by atoms with Crippen LogP contribution in [0.2, 0.25) is 0 Å². The second kappa shape index (κ2) is 3.79. The van der Waals surface area contributed by atoms with E-state index >= 15 is 0 Å². The van der Waals surface area contributed by atoms with Crippen molar-refractivity contribution >= 4 is 0 Å². The van der Waals surface area contributed by atoms with Crippen LogP contribution in [0.1, 0.15) is 38.3 Å². The quantitative estimate of drug-likeness (QED) is 0.861. The summed E-state index contributed by atoms with van der Waals surface area (Å²) in [4.78, 5) is 4.16. The number of hydrogen-bond acceptors (Lipinski definition) is 3. The minimum Gasteiger partial charge on any atom is -0.467 e. The standard InChI is InChI=1S/C12H17N3O/c1-9(10-5-4-6-16-10)15-8-14-7-11(15)12(2,3)13/h4-9H,13H2,1-3H3. The molecule has 2 rings (SSSR count). The van der Waals surface area contributed by atoms with Gasteiger partial charge in [-0.05, 0) is 32.9 Å². The van der Waals surface area contributed by atoms with E-state index in [2.05, 4.69) is 11.9 Å². The van der Waals surface area contributed by atoms with Crippen molar-refractivity contribution in [3.05, 3.63) is 42.4 Å². The summed E-state index contributed by atoms with van der Waals surface area (Å²) in [5.41, 5.74) is 6.69. The molecule has 86 valence electrons. The van der Waals surface area contributed by atoms with Gasteiger partial charge in [-0.15, -0.1) is 0 Å². The van der Waals surface area contributed by atoms with E-state index in [0.717, 1.165) is 11.5 Å². The number of furan rings is 1. The van der Waals surface area contributed by atoms with Crippen molar-refractivity contribution in [1.82, 2.24) is 9.55 Å². The molecule has 0 aliphatic heterocycles. The molecule has 0 radical (unpaired) electrons. The van der Waals surface area contributed by atoms with E-state index in [0.29, 0.717) is 0 Å². The second-order valence-electron chi connectivity index (χ2n) is 4.60. The van der Waals surface area contributed by atoms with E-state index in [1.807, 2.05) is 30.5 Å². The second-order valence-corrected chi connectivity index (χ2v) is 4.60. The molecule has 0 saturated heterocycles. The SMILES string of the molecule is CC(c1ccco1)n1cncc1C(C)(C)N. The Bertz CT molecular complexity index is 451. The first kappa shape index (κ1) is 11.0. The summed E-state index contributed by atoms with van der Waals surface area (Å²) in [6.07, 6.45) is 5.27. The maximum atomic E-state index is 6.10. The highest BCUT2D eigenvalue weighted by Gasteiger charge is 2.22. The van der Waals surface area contributed by atoms with Gasteiger partial charge in [0, 0.05) is 0 Å². The fraction of sp³-hybridized carbons (Fsp3) is 0.417. The molecule has 2 heterocycles. The third-order valence-corrected chi connectivity index (χ3v) is 2.70. The highest BCUT2D eigenvalue weighted by molar-refractivity contribution is 5.15. The number of hydrogen-bond donors (Lipinski definition) is 1. The molecule has 0 spiro atoms. The fourth-order valence-electron chi connectivity index (χ4n) is 1.78. The summed E-state index contributed by atoms with van der Waals surface area (Å²) in [7, 11) is 0. The van der Waals surface area contributed by atoms with E-state index < -0.39 is 5.54 Å². The lowest BCUT2D eigenvalue weighted by molar-refractivity contribution is 0.415. The number of imidazole rings is 1. The van der Waals surface area contributed by atoms with E-state index in [4.69, 9.17) is 10.2 Å². The van der Waals surface area contributed by atoms with E-state index in [1.54, 1.807) is 18.8 Å². The van der Waals surface area contributed by atoms with Crippen LogP contribution in [0.4, 0.5) is 0 Å². The summed E-state index contributed by atoms with van der Waals surface area (Å²) >= 11 is 0. The first-order chi connectivity index (χ1) is 7.50. The van der Waals surface area contributed by atoms with Gasteiger partial charge in [-0.2, -0.15) is 0 Å². The Hall–Kier alpha value is -1.55. The number of rotatable bonds is 3. The largest absolute Gasteiger partial charge is 0.467 e. The molecule has 2 aromatic heterocycles. The van der Waals surface area contributed by atoms with Crippen LogP contribution >= 0.6 is 0 Å². The molecule has 0 fully saturated rings. The van der Waals surface area contributed by atoms with Crippen molar-refractivity contribution in [3.8, 4) is 0 Å². The Morgan fingerprint density at radius 2 is 2.25 bits per heavy atom. The molecule has 16 heavy (non-hydrogen) atoms. The van der Waals surface area contributed by atoms with Crippen LogP contribution in [0.15, 0.2) is 35.3 Å². The summed E-state index contributed by atoms with van der Waals surface area (Å²) in [5.74, 6) is 0.906. The lowest BCUT2D eigenvalue weighted by Crippen LogP contribution is -2.32. The van der Waals surface area contributed by atoms with Gasteiger partial charge in [-0.1, -0.05) is 0 Å². The van der Waals surface area contributed by atoms with Crippen molar-refractivity contribution in [3.63, 3.8) is 0 Å². The molecule has 0 aromatic carbocycles. The van der Waals surface area contributed by atoms with Gasteiger partial charge in [-0.3, -0.25) is 0 Å². The van der Waals surface area contributed by atoms with Crippen molar-refractivity contribution < 1.29 is 4.42 Å². The molecular weight excluding hydrogens is 202 g/mol. The third-order valence-electron chi connectivity index (χ3n) is 2.70.